The van der Waals surface area contributed by atoms with Crippen LogP contribution in [0.2, 0.25) is 0 Å². The van der Waals surface area contributed by atoms with Gasteiger partial charge in [0.25, 0.3) is 0 Å². The average Bonchev–Trinajstić information content (AvgIpc) is 3.40. The lowest BCUT2D eigenvalue weighted by atomic mass is 9.98. The van der Waals surface area contributed by atoms with Gasteiger partial charge in [-0.25, -0.2) is 4.79 Å². The zero-order valence-corrected chi connectivity index (χ0v) is 15.9. The number of piperidine rings is 2. The van der Waals surface area contributed by atoms with Crippen molar-refractivity contribution in [3.05, 3.63) is 0 Å². The van der Waals surface area contributed by atoms with Crippen molar-refractivity contribution in [3.8, 4) is 0 Å². The van der Waals surface area contributed by atoms with Gasteiger partial charge in [0.1, 0.15) is 6.04 Å². The quantitative estimate of drug-likeness (QED) is 0.599. The number of hydrogen-bond donors (Lipinski definition) is 2. The van der Waals surface area contributed by atoms with Crippen LogP contribution in [0.1, 0.15) is 38.5 Å². The molecular formula is C16H26N4O6S. The lowest BCUT2D eigenvalue weighted by Crippen LogP contribution is -2.53. The Morgan fingerprint density at radius 2 is 1.85 bits per heavy atom. The Kier molecular flexibility index (Phi) is 5.04. The summed E-state index contributed by atoms with van der Waals surface area (Å²) in [5.41, 5.74) is 0. The highest BCUT2D eigenvalue weighted by Crippen LogP contribution is 2.32. The van der Waals surface area contributed by atoms with Gasteiger partial charge in [0, 0.05) is 32.2 Å². The van der Waals surface area contributed by atoms with Gasteiger partial charge in [-0.2, -0.15) is 13.5 Å². The molecule has 4 fully saturated rings. The molecule has 0 spiro atoms. The van der Waals surface area contributed by atoms with Crippen molar-refractivity contribution in [1.82, 2.24) is 20.2 Å². The fourth-order valence-corrected chi connectivity index (χ4v) is 4.72. The fraction of sp³-hybridized carbons (Fsp3) is 0.875. The third-order valence-electron chi connectivity index (χ3n) is 5.95. The molecule has 0 aromatic heterocycles. The molecule has 11 heteroatoms. The summed E-state index contributed by atoms with van der Waals surface area (Å²) in [7, 11) is -4.78. The van der Waals surface area contributed by atoms with Crippen LogP contribution in [0.5, 0.6) is 0 Å². The second-order valence-electron chi connectivity index (χ2n) is 8.04. The van der Waals surface area contributed by atoms with E-state index in [4.69, 9.17) is 4.55 Å². The predicted molar refractivity (Wildman–Crippen MR) is 93.7 cm³/mol. The maximum atomic E-state index is 12.7. The number of likely N-dealkylation sites (tertiary alicyclic amines) is 1. The van der Waals surface area contributed by atoms with Crippen LogP contribution in [-0.4, -0.2) is 84.1 Å². The number of hydroxylamine groups is 2. The lowest BCUT2D eigenvalue weighted by Gasteiger charge is -2.35. The summed E-state index contributed by atoms with van der Waals surface area (Å²) in [5.74, 6) is 0.663. The first-order chi connectivity index (χ1) is 12.8. The molecule has 0 aromatic rings. The van der Waals surface area contributed by atoms with Crippen molar-refractivity contribution in [1.29, 1.82) is 0 Å². The fourth-order valence-electron chi connectivity index (χ4n) is 4.33. The topological polar surface area (TPSA) is 119 Å². The second-order valence-corrected chi connectivity index (χ2v) is 9.04. The van der Waals surface area contributed by atoms with Gasteiger partial charge < -0.3 is 15.1 Å². The van der Waals surface area contributed by atoms with Crippen molar-refractivity contribution in [2.75, 3.05) is 26.2 Å². The summed E-state index contributed by atoms with van der Waals surface area (Å²) in [6.07, 6.45) is 5.35. The maximum Gasteiger partial charge on any atom is 0.418 e. The Balaban J connectivity index is 1.30. The van der Waals surface area contributed by atoms with E-state index in [1.807, 2.05) is 0 Å². The molecule has 0 radical (unpaired) electrons. The largest absolute Gasteiger partial charge is 0.418 e. The van der Waals surface area contributed by atoms with E-state index in [-0.39, 0.29) is 18.5 Å². The molecule has 152 valence electrons. The SMILES string of the molecule is O=C(NC1CCN(CC2CC2)CC1)C1CCC2CN1C(=O)N2OS(=O)(=O)O. The molecule has 3 saturated heterocycles. The van der Waals surface area contributed by atoms with Crippen molar-refractivity contribution in [3.63, 3.8) is 0 Å². The maximum absolute atomic E-state index is 12.7. The van der Waals surface area contributed by atoms with Crippen LogP contribution in [0, 0.1) is 5.92 Å². The molecular weight excluding hydrogens is 376 g/mol. The highest BCUT2D eigenvalue weighted by Gasteiger charge is 2.49. The van der Waals surface area contributed by atoms with Gasteiger partial charge in [-0.05, 0) is 44.4 Å². The van der Waals surface area contributed by atoms with Gasteiger partial charge in [0.15, 0.2) is 0 Å². The van der Waals surface area contributed by atoms with Crippen molar-refractivity contribution in [2.45, 2.75) is 56.7 Å². The molecule has 3 heterocycles. The minimum atomic E-state index is -4.78. The summed E-state index contributed by atoms with van der Waals surface area (Å²) < 4.78 is 35.1. The molecule has 2 atom stereocenters. The number of nitrogens with zero attached hydrogens (tertiary/aromatic N) is 3. The first-order valence-corrected chi connectivity index (χ1v) is 11.0. The minimum absolute atomic E-state index is 0.105. The molecule has 1 aliphatic carbocycles. The monoisotopic (exact) mass is 402 g/mol. The second kappa shape index (κ2) is 7.19. The predicted octanol–water partition coefficient (Wildman–Crippen LogP) is -0.0200. The summed E-state index contributed by atoms with van der Waals surface area (Å²) in [6, 6.07) is -1.70. The Hall–Kier alpha value is -1.43. The summed E-state index contributed by atoms with van der Waals surface area (Å²) >= 11 is 0. The van der Waals surface area contributed by atoms with Gasteiger partial charge in [-0.1, -0.05) is 0 Å². The molecule has 3 amide bonds. The normalized spacial score (nSPS) is 30.0. The lowest BCUT2D eigenvalue weighted by molar-refractivity contribution is -0.127. The molecule has 3 aliphatic heterocycles. The van der Waals surface area contributed by atoms with Crippen molar-refractivity contribution in [2.24, 2.45) is 5.92 Å². The molecule has 4 aliphatic rings. The number of nitrogens with one attached hydrogen (secondary N) is 1. The summed E-state index contributed by atoms with van der Waals surface area (Å²) in [6.45, 7) is 3.34. The van der Waals surface area contributed by atoms with E-state index >= 15 is 0 Å². The molecule has 0 aromatic carbocycles. The van der Waals surface area contributed by atoms with E-state index in [2.05, 4.69) is 14.5 Å². The number of carbonyl (C=O) groups is 2. The molecule has 4 rings (SSSR count). The summed E-state index contributed by atoms with van der Waals surface area (Å²) in [5, 5.41) is 3.72. The number of urea groups is 1. The van der Waals surface area contributed by atoms with Crippen molar-refractivity contribution < 1.29 is 26.8 Å². The van der Waals surface area contributed by atoms with Crippen LogP contribution < -0.4 is 5.32 Å². The van der Waals surface area contributed by atoms with Crippen LogP contribution >= 0.6 is 0 Å². The van der Waals surface area contributed by atoms with Crippen LogP contribution in [0.4, 0.5) is 4.79 Å². The van der Waals surface area contributed by atoms with Gasteiger partial charge in [0.2, 0.25) is 5.91 Å². The molecule has 2 N–H and O–H groups in total. The molecule has 27 heavy (non-hydrogen) atoms. The molecule has 10 nitrogen and oxygen atoms in total. The van der Waals surface area contributed by atoms with E-state index in [1.165, 1.54) is 17.7 Å². The third-order valence-corrected chi connectivity index (χ3v) is 6.30. The standard InChI is InChI=1S/C16H26N4O6S/c21-15(17-12-5-7-18(8-6-12)9-11-1-2-11)14-4-3-13-10-19(14)16(22)20(13)26-27(23,24)25/h11-14H,1-10H2,(H,17,21)(H,23,24,25). The zero-order chi connectivity index (χ0) is 19.2. The van der Waals surface area contributed by atoms with Crippen LogP contribution in [-0.2, 0) is 19.5 Å². The Morgan fingerprint density at radius 1 is 1.15 bits per heavy atom. The summed E-state index contributed by atoms with van der Waals surface area (Å²) in [4.78, 5) is 28.9. The van der Waals surface area contributed by atoms with Gasteiger partial charge in [0.05, 0.1) is 6.04 Å². The van der Waals surface area contributed by atoms with Gasteiger partial charge in [-0.3, -0.25) is 9.35 Å². The Bertz CT molecular complexity index is 704. The van der Waals surface area contributed by atoms with Gasteiger partial charge >= 0.3 is 16.4 Å². The van der Waals surface area contributed by atoms with E-state index in [0.717, 1.165) is 38.4 Å². The number of hydrogen-bond acceptors (Lipinski definition) is 6. The highest BCUT2D eigenvalue weighted by molar-refractivity contribution is 7.80. The van der Waals surface area contributed by atoms with Gasteiger partial charge in [-0.15, -0.1) is 4.28 Å². The number of amides is 3. The molecule has 2 unspecified atom stereocenters. The van der Waals surface area contributed by atoms with E-state index in [0.29, 0.717) is 17.9 Å². The van der Waals surface area contributed by atoms with Crippen LogP contribution in [0.15, 0.2) is 0 Å². The van der Waals surface area contributed by atoms with Crippen LogP contribution in [0.25, 0.3) is 0 Å². The average molecular weight is 402 g/mol. The molecule has 1 saturated carbocycles. The Morgan fingerprint density at radius 3 is 2.48 bits per heavy atom. The minimum Gasteiger partial charge on any atom is -0.351 e. The smallest absolute Gasteiger partial charge is 0.351 e. The van der Waals surface area contributed by atoms with E-state index < -0.39 is 28.5 Å². The number of carbonyl (C=O) groups excluding carboxylic acids is 2. The Labute approximate surface area is 158 Å². The number of fused-ring (bicyclic) bond motifs is 2. The van der Waals surface area contributed by atoms with Crippen molar-refractivity contribution >= 4 is 22.3 Å². The van der Waals surface area contributed by atoms with E-state index in [1.54, 1.807) is 0 Å². The zero-order valence-electron chi connectivity index (χ0n) is 15.1. The number of rotatable bonds is 6. The van der Waals surface area contributed by atoms with Crippen LogP contribution in [0.3, 0.4) is 0 Å². The highest BCUT2D eigenvalue weighted by atomic mass is 32.3. The first-order valence-electron chi connectivity index (χ1n) is 9.60. The third kappa shape index (κ3) is 4.36. The van der Waals surface area contributed by atoms with E-state index in [9.17, 15) is 18.0 Å². The molecule has 2 bridgehead atoms. The first kappa shape index (κ1) is 18.9.